The van der Waals surface area contributed by atoms with Gasteiger partial charge < -0.3 is 10.2 Å². The van der Waals surface area contributed by atoms with Gasteiger partial charge in [0.2, 0.25) is 5.91 Å². The van der Waals surface area contributed by atoms with Crippen molar-refractivity contribution in [1.82, 2.24) is 0 Å². The quantitative estimate of drug-likeness (QED) is 0.907. The SMILES string of the molecule is Cc1ccc(NC2CC(=O)N(C)c3ccccc32)cc1C. The number of fused-ring (bicyclic) bond motifs is 1. The maximum absolute atomic E-state index is 12.2. The molecule has 3 nitrogen and oxygen atoms in total. The first-order valence-corrected chi connectivity index (χ1v) is 7.25. The van der Waals surface area contributed by atoms with Crippen molar-refractivity contribution in [1.29, 1.82) is 0 Å². The lowest BCUT2D eigenvalue weighted by Crippen LogP contribution is -2.35. The molecule has 1 aliphatic rings. The molecule has 0 fully saturated rings. The molecular weight excluding hydrogens is 260 g/mol. The summed E-state index contributed by atoms with van der Waals surface area (Å²) in [5.74, 6) is 0.148. The fraction of sp³-hybridized carbons (Fsp3) is 0.278. The van der Waals surface area contributed by atoms with Gasteiger partial charge in [0, 0.05) is 18.4 Å². The average molecular weight is 280 g/mol. The van der Waals surface area contributed by atoms with Gasteiger partial charge in [-0.05, 0) is 48.7 Å². The zero-order valence-electron chi connectivity index (χ0n) is 12.7. The lowest BCUT2D eigenvalue weighted by atomic mass is 9.95. The molecule has 0 saturated carbocycles. The van der Waals surface area contributed by atoms with Crippen LogP contribution in [0.15, 0.2) is 42.5 Å². The number of anilines is 2. The second-order valence-electron chi connectivity index (χ2n) is 5.71. The van der Waals surface area contributed by atoms with Crippen molar-refractivity contribution in [2.45, 2.75) is 26.3 Å². The van der Waals surface area contributed by atoms with Crippen LogP contribution in [-0.4, -0.2) is 13.0 Å². The summed E-state index contributed by atoms with van der Waals surface area (Å²) in [6.45, 7) is 4.21. The third kappa shape index (κ3) is 2.51. The smallest absolute Gasteiger partial charge is 0.229 e. The number of nitrogens with zero attached hydrogens (tertiary/aromatic N) is 1. The van der Waals surface area contributed by atoms with E-state index in [1.807, 2.05) is 25.2 Å². The Balaban J connectivity index is 1.93. The number of rotatable bonds is 2. The average Bonchev–Trinajstić information content (AvgIpc) is 2.48. The van der Waals surface area contributed by atoms with Crippen molar-refractivity contribution in [2.24, 2.45) is 0 Å². The van der Waals surface area contributed by atoms with E-state index in [-0.39, 0.29) is 11.9 Å². The minimum Gasteiger partial charge on any atom is -0.378 e. The fourth-order valence-electron chi connectivity index (χ4n) is 2.80. The number of nitrogens with one attached hydrogen (secondary N) is 1. The fourth-order valence-corrected chi connectivity index (χ4v) is 2.80. The van der Waals surface area contributed by atoms with Crippen LogP contribution >= 0.6 is 0 Å². The van der Waals surface area contributed by atoms with E-state index in [0.29, 0.717) is 6.42 Å². The summed E-state index contributed by atoms with van der Waals surface area (Å²) in [7, 11) is 1.84. The maximum atomic E-state index is 12.2. The van der Waals surface area contributed by atoms with Crippen molar-refractivity contribution in [2.75, 3.05) is 17.3 Å². The summed E-state index contributed by atoms with van der Waals surface area (Å²) in [5, 5.41) is 3.51. The molecule has 3 heteroatoms. The Kier molecular flexibility index (Phi) is 3.42. The summed E-state index contributed by atoms with van der Waals surface area (Å²) >= 11 is 0. The molecule has 0 bridgehead atoms. The molecule has 3 rings (SSSR count). The van der Waals surface area contributed by atoms with Crippen LogP contribution in [0.5, 0.6) is 0 Å². The summed E-state index contributed by atoms with van der Waals surface area (Å²) in [5.41, 5.74) is 5.77. The molecule has 0 aromatic heterocycles. The monoisotopic (exact) mass is 280 g/mol. The van der Waals surface area contributed by atoms with E-state index in [9.17, 15) is 4.79 Å². The number of hydrogen-bond acceptors (Lipinski definition) is 2. The van der Waals surface area contributed by atoms with Crippen molar-refractivity contribution < 1.29 is 4.79 Å². The van der Waals surface area contributed by atoms with E-state index < -0.39 is 0 Å². The van der Waals surface area contributed by atoms with Gasteiger partial charge in [-0.25, -0.2) is 0 Å². The van der Waals surface area contributed by atoms with Gasteiger partial charge in [0.05, 0.1) is 12.5 Å². The topological polar surface area (TPSA) is 32.3 Å². The lowest BCUT2D eigenvalue weighted by Gasteiger charge is -2.32. The molecule has 1 unspecified atom stereocenters. The molecule has 2 aromatic carbocycles. The highest BCUT2D eigenvalue weighted by Crippen LogP contribution is 2.35. The highest BCUT2D eigenvalue weighted by atomic mass is 16.2. The van der Waals surface area contributed by atoms with Crippen molar-refractivity contribution in [3.63, 3.8) is 0 Å². The molecule has 0 aliphatic carbocycles. The van der Waals surface area contributed by atoms with Crippen molar-refractivity contribution in [3.05, 3.63) is 59.2 Å². The number of aryl methyl sites for hydroxylation is 2. The molecule has 1 N–H and O–H groups in total. The molecule has 1 amide bonds. The Morgan fingerprint density at radius 3 is 2.62 bits per heavy atom. The van der Waals surface area contributed by atoms with E-state index >= 15 is 0 Å². The van der Waals surface area contributed by atoms with E-state index in [1.54, 1.807) is 4.90 Å². The molecule has 21 heavy (non-hydrogen) atoms. The van der Waals surface area contributed by atoms with Crippen LogP contribution in [0.1, 0.15) is 29.2 Å². The van der Waals surface area contributed by atoms with E-state index in [0.717, 1.165) is 11.4 Å². The number of hydrogen-bond donors (Lipinski definition) is 1. The number of para-hydroxylation sites is 1. The summed E-state index contributed by atoms with van der Waals surface area (Å²) in [6.07, 6.45) is 0.487. The molecule has 1 heterocycles. The van der Waals surface area contributed by atoms with Gasteiger partial charge in [0.25, 0.3) is 0 Å². The van der Waals surface area contributed by atoms with Gasteiger partial charge in [-0.1, -0.05) is 24.3 Å². The number of benzene rings is 2. The second kappa shape index (κ2) is 5.24. The van der Waals surface area contributed by atoms with Crippen LogP contribution in [0.25, 0.3) is 0 Å². The van der Waals surface area contributed by atoms with Crippen LogP contribution in [0, 0.1) is 13.8 Å². The van der Waals surface area contributed by atoms with E-state index in [4.69, 9.17) is 0 Å². The summed E-state index contributed by atoms with van der Waals surface area (Å²) < 4.78 is 0. The summed E-state index contributed by atoms with van der Waals surface area (Å²) in [6, 6.07) is 14.5. The Labute approximate surface area is 125 Å². The Morgan fingerprint density at radius 1 is 1.10 bits per heavy atom. The van der Waals surface area contributed by atoms with Crippen LogP contribution < -0.4 is 10.2 Å². The largest absolute Gasteiger partial charge is 0.378 e. The molecule has 0 spiro atoms. The third-order valence-electron chi connectivity index (χ3n) is 4.27. The van der Waals surface area contributed by atoms with Gasteiger partial charge in [0.15, 0.2) is 0 Å². The predicted molar refractivity (Wildman–Crippen MR) is 86.7 cm³/mol. The first kappa shape index (κ1) is 13.7. The molecule has 108 valence electrons. The zero-order valence-corrected chi connectivity index (χ0v) is 12.7. The zero-order chi connectivity index (χ0) is 15.0. The lowest BCUT2D eigenvalue weighted by molar-refractivity contribution is -0.118. The van der Waals surface area contributed by atoms with Gasteiger partial charge in [-0.2, -0.15) is 0 Å². The Bertz CT molecular complexity index is 693. The van der Waals surface area contributed by atoms with E-state index in [2.05, 4.69) is 43.4 Å². The Hall–Kier alpha value is -2.29. The van der Waals surface area contributed by atoms with Crippen LogP contribution in [0.3, 0.4) is 0 Å². The third-order valence-corrected chi connectivity index (χ3v) is 4.27. The number of carbonyl (C=O) groups excluding carboxylic acids is 1. The van der Waals surface area contributed by atoms with Crippen LogP contribution in [-0.2, 0) is 4.79 Å². The molecule has 1 aliphatic heterocycles. The first-order chi connectivity index (χ1) is 10.1. The minimum absolute atomic E-state index is 0.0343. The first-order valence-electron chi connectivity index (χ1n) is 7.25. The molecular formula is C18H20N2O. The van der Waals surface area contributed by atoms with E-state index in [1.165, 1.54) is 16.7 Å². The summed E-state index contributed by atoms with van der Waals surface area (Å²) in [4.78, 5) is 13.9. The predicted octanol–water partition coefficient (Wildman–Crippen LogP) is 3.82. The minimum atomic E-state index is 0.0343. The van der Waals surface area contributed by atoms with Crippen LogP contribution in [0.2, 0.25) is 0 Å². The standard InChI is InChI=1S/C18H20N2O/c1-12-8-9-14(10-13(12)2)19-16-11-18(21)20(3)17-7-5-4-6-15(16)17/h4-10,16,19H,11H2,1-3H3. The normalized spacial score (nSPS) is 17.6. The van der Waals surface area contributed by atoms with Crippen LogP contribution in [0.4, 0.5) is 11.4 Å². The van der Waals surface area contributed by atoms with Gasteiger partial charge in [-0.15, -0.1) is 0 Å². The maximum Gasteiger partial charge on any atom is 0.229 e. The number of carbonyl (C=O) groups is 1. The molecule has 0 radical (unpaired) electrons. The van der Waals surface area contributed by atoms with Crippen molar-refractivity contribution >= 4 is 17.3 Å². The second-order valence-corrected chi connectivity index (χ2v) is 5.71. The molecule has 2 aromatic rings. The van der Waals surface area contributed by atoms with Gasteiger partial charge in [-0.3, -0.25) is 4.79 Å². The molecule has 0 saturated heterocycles. The number of amides is 1. The highest BCUT2D eigenvalue weighted by molar-refractivity contribution is 5.97. The van der Waals surface area contributed by atoms with Gasteiger partial charge >= 0.3 is 0 Å². The molecule has 1 atom stereocenters. The van der Waals surface area contributed by atoms with Gasteiger partial charge in [0.1, 0.15) is 0 Å². The highest BCUT2D eigenvalue weighted by Gasteiger charge is 2.28. The van der Waals surface area contributed by atoms with Crippen molar-refractivity contribution in [3.8, 4) is 0 Å². The Morgan fingerprint density at radius 2 is 1.86 bits per heavy atom.